The van der Waals surface area contributed by atoms with Crippen molar-refractivity contribution >= 4 is 17.9 Å². The average molecular weight is 1130 g/mol. The van der Waals surface area contributed by atoms with E-state index in [0.29, 0.717) is 19.3 Å². The molecular formula is C75H136O6. The van der Waals surface area contributed by atoms with Crippen molar-refractivity contribution in [3.8, 4) is 0 Å². The van der Waals surface area contributed by atoms with Crippen molar-refractivity contribution in [1.29, 1.82) is 0 Å². The number of esters is 3. The van der Waals surface area contributed by atoms with Gasteiger partial charge in [-0.15, -0.1) is 0 Å². The number of allylic oxidation sites excluding steroid dienone is 10. The Morgan fingerprint density at radius 1 is 0.259 bits per heavy atom. The summed E-state index contributed by atoms with van der Waals surface area (Å²) < 4.78 is 17.0. The van der Waals surface area contributed by atoms with Gasteiger partial charge in [0.15, 0.2) is 6.10 Å². The fourth-order valence-electron chi connectivity index (χ4n) is 10.7. The number of hydrogen-bond donors (Lipinski definition) is 0. The van der Waals surface area contributed by atoms with Crippen LogP contribution in [0.2, 0.25) is 0 Å². The molecule has 0 amide bonds. The molecule has 0 N–H and O–H groups in total. The molecule has 0 saturated carbocycles. The number of ether oxygens (including phenoxy) is 3. The molecule has 0 aromatic rings. The Hall–Kier alpha value is -2.89. The van der Waals surface area contributed by atoms with Crippen LogP contribution in [0.3, 0.4) is 0 Å². The van der Waals surface area contributed by atoms with Crippen molar-refractivity contribution in [3.05, 3.63) is 60.8 Å². The maximum absolute atomic E-state index is 12.9. The minimum Gasteiger partial charge on any atom is -0.462 e. The SMILES string of the molecule is CC/C=C\C/C=C\C/C=C\C/C=C\CCCCCCCCC(=O)OC(COC(=O)CCCCCCC/C=C\CCCCCC)COC(=O)CCCCCCCCCCCCCCCCCCCCCCCCCCCCCCCCC. The number of rotatable bonds is 66. The minimum atomic E-state index is -0.785. The zero-order chi connectivity index (χ0) is 58.5. The van der Waals surface area contributed by atoms with Gasteiger partial charge in [0, 0.05) is 19.3 Å². The van der Waals surface area contributed by atoms with Gasteiger partial charge in [0.2, 0.25) is 0 Å². The third kappa shape index (κ3) is 67.8. The summed E-state index contributed by atoms with van der Waals surface area (Å²) in [5.41, 5.74) is 0. The van der Waals surface area contributed by atoms with Crippen LogP contribution in [0.15, 0.2) is 60.8 Å². The van der Waals surface area contributed by atoms with E-state index in [2.05, 4.69) is 81.5 Å². The lowest BCUT2D eigenvalue weighted by atomic mass is 10.0. The lowest BCUT2D eigenvalue weighted by Gasteiger charge is -2.18. The van der Waals surface area contributed by atoms with Crippen LogP contribution >= 0.6 is 0 Å². The molecule has 6 heteroatoms. The number of hydrogen-bond acceptors (Lipinski definition) is 6. The van der Waals surface area contributed by atoms with Crippen molar-refractivity contribution < 1.29 is 28.6 Å². The predicted octanol–water partition coefficient (Wildman–Crippen LogP) is 24.7. The molecule has 0 fully saturated rings. The molecule has 0 bridgehead atoms. The first kappa shape index (κ1) is 78.1. The molecule has 0 aromatic heterocycles. The van der Waals surface area contributed by atoms with E-state index in [1.54, 1.807) is 0 Å². The summed E-state index contributed by atoms with van der Waals surface area (Å²) >= 11 is 0. The van der Waals surface area contributed by atoms with Crippen LogP contribution in [0.1, 0.15) is 380 Å². The van der Waals surface area contributed by atoms with Crippen LogP contribution in [0.4, 0.5) is 0 Å². The highest BCUT2D eigenvalue weighted by atomic mass is 16.6. The van der Waals surface area contributed by atoms with E-state index in [0.717, 1.165) is 103 Å². The first-order valence-electron chi connectivity index (χ1n) is 35.8. The molecule has 0 heterocycles. The maximum Gasteiger partial charge on any atom is 0.306 e. The number of carbonyl (C=O) groups is 3. The van der Waals surface area contributed by atoms with E-state index in [9.17, 15) is 14.4 Å². The molecule has 0 spiro atoms. The second-order valence-corrected chi connectivity index (χ2v) is 24.1. The first-order valence-corrected chi connectivity index (χ1v) is 35.8. The molecule has 0 aliphatic rings. The van der Waals surface area contributed by atoms with Crippen molar-refractivity contribution in [2.24, 2.45) is 0 Å². The van der Waals surface area contributed by atoms with Gasteiger partial charge in [-0.25, -0.2) is 0 Å². The van der Waals surface area contributed by atoms with Crippen molar-refractivity contribution in [2.45, 2.75) is 386 Å². The Morgan fingerprint density at radius 2 is 0.481 bits per heavy atom. The average Bonchev–Trinajstić information content (AvgIpc) is 3.46. The molecule has 0 aliphatic carbocycles. The smallest absolute Gasteiger partial charge is 0.306 e. The molecule has 0 aromatic carbocycles. The summed E-state index contributed by atoms with van der Waals surface area (Å²) in [7, 11) is 0. The highest BCUT2D eigenvalue weighted by Crippen LogP contribution is 2.18. The summed E-state index contributed by atoms with van der Waals surface area (Å²) in [5.74, 6) is -0.882. The third-order valence-corrected chi connectivity index (χ3v) is 16.0. The second-order valence-electron chi connectivity index (χ2n) is 24.1. The van der Waals surface area contributed by atoms with Gasteiger partial charge in [-0.2, -0.15) is 0 Å². The van der Waals surface area contributed by atoms with Crippen LogP contribution < -0.4 is 0 Å². The highest BCUT2D eigenvalue weighted by Gasteiger charge is 2.19. The van der Waals surface area contributed by atoms with Gasteiger partial charge in [0.05, 0.1) is 0 Å². The van der Waals surface area contributed by atoms with Gasteiger partial charge in [0.1, 0.15) is 13.2 Å². The standard InChI is InChI=1S/C75H136O6/c1-4-7-10-13-16-19-22-25-27-29-31-32-33-34-35-36-37-38-39-40-41-42-44-45-47-50-53-56-59-62-65-68-74(77)80-71-72(70-79-73(76)67-64-61-58-55-52-49-24-21-18-15-12-9-6-3)81-75(78)69-66-63-60-57-54-51-48-46-43-30-28-26-23-20-17-14-11-8-5-2/h8,11,17,20-21,24,26,28,43,46,72H,4-7,9-10,12-16,18-19,22-23,25,27,29-42,44-45,47-71H2,1-3H3/b11-8-,20-17-,24-21-,28-26-,46-43-. The lowest BCUT2D eigenvalue weighted by Crippen LogP contribution is -2.30. The van der Waals surface area contributed by atoms with E-state index >= 15 is 0 Å². The molecule has 6 nitrogen and oxygen atoms in total. The summed E-state index contributed by atoms with van der Waals surface area (Å²) in [6.45, 7) is 6.55. The highest BCUT2D eigenvalue weighted by molar-refractivity contribution is 5.71. The molecule has 0 radical (unpaired) electrons. The third-order valence-electron chi connectivity index (χ3n) is 16.0. The van der Waals surface area contributed by atoms with E-state index in [-0.39, 0.29) is 31.1 Å². The first-order chi connectivity index (χ1) is 40.0. The lowest BCUT2D eigenvalue weighted by molar-refractivity contribution is -0.167. The fourth-order valence-corrected chi connectivity index (χ4v) is 10.7. The quantitative estimate of drug-likeness (QED) is 0.0261. The summed E-state index contributed by atoms with van der Waals surface area (Å²) in [4.78, 5) is 38.4. The van der Waals surface area contributed by atoms with Gasteiger partial charge >= 0.3 is 17.9 Å². The molecule has 1 unspecified atom stereocenters. The maximum atomic E-state index is 12.9. The molecule has 81 heavy (non-hydrogen) atoms. The topological polar surface area (TPSA) is 78.9 Å². The van der Waals surface area contributed by atoms with Crippen molar-refractivity contribution in [3.63, 3.8) is 0 Å². The Balaban J connectivity index is 4.17. The van der Waals surface area contributed by atoms with E-state index in [1.807, 2.05) is 0 Å². The Bertz CT molecular complexity index is 1440. The molecular weight excluding hydrogens is 997 g/mol. The molecule has 1 atom stereocenters. The van der Waals surface area contributed by atoms with E-state index < -0.39 is 6.10 Å². The van der Waals surface area contributed by atoms with Crippen LogP contribution in [-0.4, -0.2) is 37.2 Å². The van der Waals surface area contributed by atoms with Gasteiger partial charge in [0.25, 0.3) is 0 Å². The predicted molar refractivity (Wildman–Crippen MR) is 353 cm³/mol. The van der Waals surface area contributed by atoms with E-state index in [1.165, 1.54) is 238 Å². The molecule has 0 aliphatic heterocycles. The molecule has 472 valence electrons. The zero-order valence-electron chi connectivity index (χ0n) is 54.3. The van der Waals surface area contributed by atoms with Crippen LogP contribution in [-0.2, 0) is 28.6 Å². The summed E-state index contributed by atoms with van der Waals surface area (Å²) in [6, 6.07) is 0. The largest absolute Gasteiger partial charge is 0.462 e. The normalized spacial score (nSPS) is 12.4. The van der Waals surface area contributed by atoms with Gasteiger partial charge < -0.3 is 14.2 Å². The van der Waals surface area contributed by atoms with Crippen LogP contribution in [0.5, 0.6) is 0 Å². The van der Waals surface area contributed by atoms with Crippen LogP contribution in [0.25, 0.3) is 0 Å². The van der Waals surface area contributed by atoms with Crippen LogP contribution in [0, 0.1) is 0 Å². The number of carbonyl (C=O) groups excluding carboxylic acids is 3. The number of unbranched alkanes of at least 4 members (excludes halogenated alkanes) is 45. The second kappa shape index (κ2) is 69.6. The molecule has 0 saturated heterocycles. The Morgan fingerprint density at radius 3 is 0.778 bits per heavy atom. The minimum absolute atomic E-state index is 0.0794. The monoisotopic (exact) mass is 1130 g/mol. The van der Waals surface area contributed by atoms with Gasteiger partial charge in [-0.05, 0) is 83.5 Å². The van der Waals surface area contributed by atoms with Crippen molar-refractivity contribution in [1.82, 2.24) is 0 Å². The van der Waals surface area contributed by atoms with E-state index in [4.69, 9.17) is 14.2 Å². The molecule has 0 rings (SSSR count). The fraction of sp³-hybridized carbons (Fsp3) is 0.827. The zero-order valence-corrected chi connectivity index (χ0v) is 54.3. The van der Waals surface area contributed by atoms with Gasteiger partial charge in [-0.3, -0.25) is 14.4 Å². The summed E-state index contributed by atoms with van der Waals surface area (Å²) in [5, 5.41) is 0. The Kier molecular flexibility index (Phi) is 67.1. The Labute approximate surface area is 504 Å². The van der Waals surface area contributed by atoms with Crippen molar-refractivity contribution in [2.75, 3.05) is 13.2 Å². The van der Waals surface area contributed by atoms with Gasteiger partial charge in [-0.1, -0.05) is 338 Å². The summed E-state index contributed by atoms with van der Waals surface area (Å²) in [6.07, 6.45) is 89.8.